The Bertz CT molecular complexity index is 295. The smallest absolute Gasteiger partial charge is 0.0537 e. The largest absolute Gasteiger partial charge is 0.395 e. The minimum absolute atomic E-state index is 0.159. The van der Waals surface area contributed by atoms with E-state index in [1.54, 1.807) is 0 Å². The molecule has 16 heavy (non-hydrogen) atoms. The summed E-state index contributed by atoms with van der Waals surface area (Å²) in [4.78, 5) is 2.35. The lowest BCUT2D eigenvalue weighted by molar-refractivity contribution is 0.150. The predicted octanol–water partition coefficient (Wildman–Crippen LogP) is 2.28. The van der Waals surface area contributed by atoms with E-state index in [9.17, 15) is 5.11 Å². The Morgan fingerprint density at radius 1 is 1.12 bits per heavy atom. The van der Waals surface area contributed by atoms with E-state index in [4.69, 9.17) is 0 Å². The Labute approximate surface area is 98.9 Å². The first-order valence-corrected chi connectivity index (χ1v) is 6.05. The molecule has 0 radical (unpaired) electrons. The van der Waals surface area contributed by atoms with Crippen LogP contribution >= 0.6 is 0 Å². The number of benzene rings is 1. The highest BCUT2D eigenvalue weighted by Gasteiger charge is 2.27. The number of hydrogen-bond acceptors (Lipinski definition) is 2. The summed E-state index contributed by atoms with van der Waals surface area (Å²) in [7, 11) is 0. The summed E-state index contributed by atoms with van der Waals surface area (Å²) < 4.78 is 0. The molecule has 0 heterocycles. The van der Waals surface area contributed by atoms with Gasteiger partial charge in [-0.2, -0.15) is 0 Å². The predicted molar refractivity (Wildman–Crippen MR) is 68.7 cm³/mol. The zero-order valence-electron chi connectivity index (χ0n) is 10.6. The van der Waals surface area contributed by atoms with E-state index in [0.29, 0.717) is 0 Å². The molecule has 2 nitrogen and oxygen atoms in total. The van der Waals surface area contributed by atoms with Crippen molar-refractivity contribution in [2.45, 2.75) is 26.2 Å². The third-order valence-electron chi connectivity index (χ3n) is 3.29. The standard InChI is InChI=1S/C14H23NO/c1-4-15(5-2)11-14(3,12-16)13-9-7-6-8-10-13/h6-10,16H,4-5,11-12H2,1-3H3. The SMILES string of the molecule is CCN(CC)CC(C)(CO)c1ccccc1. The Hall–Kier alpha value is -0.860. The van der Waals surface area contributed by atoms with Crippen LogP contribution in [-0.2, 0) is 5.41 Å². The molecule has 1 aromatic carbocycles. The quantitative estimate of drug-likeness (QED) is 0.796. The summed E-state index contributed by atoms with van der Waals surface area (Å²) in [5.41, 5.74) is 1.05. The minimum Gasteiger partial charge on any atom is -0.395 e. The van der Waals surface area contributed by atoms with Gasteiger partial charge >= 0.3 is 0 Å². The summed E-state index contributed by atoms with van der Waals surface area (Å²) in [6.45, 7) is 9.59. The van der Waals surface area contributed by atoms with Crippen molar-refractivity contribution < 1.29 is 5.11 Å². The normalized spacial score (nSPS) is 15.1. The highest BCUT2D eigenvalue weighted by molar-refractivity contribution is 5.25. The van der Waals surface area contributed by atoms with Gasteiger partial charge < -0.3 is 10.0 Å². The number of aliphatic hydroxyl groups is 1. The molecule has 0 aromatic heterocycles. The van der Waals surface area contributed by atoms with Crippen molar-refractivity contribution in [1.82, 2.24) is 4.90 Å². The van der Waals surface area contributed by atoms with Gasteiger partial charge in [-0.1, -0.05) is 51.1 Å². The molecule has 0 saturated carbocycles. The van der Waals surface area contributed by atoms with Crippen LogP contribution < -0.4 is 0 Å². The van der Waals surface area contributed by atoms with Gasteiger partial charge in [0.2, 0.25) is 0 Å². The van der Waals surface area contributed by atoms with Crippen LogP contribution in [0.1, 0.15) is 26.3 Å². The van der Waals surface area contributed by atoms with Crippen LogP contribution in [0.4, 0.5) is 0 Å². The van der Waals surface area contributed by atoms with Crippen LogP contribution in [0.2, 0.25) is 0 Å². The van der Waals surface area contributed by atoms with Crippen LogP contribution in [0.15, 0.2) is 30.3 Å². The molecule has 1 unspecified atom stereocenters. The van der Waals surface area contributed by atoms with Gasteiger partial charge in [0.15, 0.2) is 0 Å². The van der Waals surface area contributed by atoms with Crippen molar-refractivity contribution >= 4 is 0 Å². The van der Waals surface area contributed by atoms with Crippen molar-refractivity contribution in [1.29, 1.82) is 0 Å². The van der Waals surface area contributed by atoms with Crippen molar-refractivity contribution in [3.8, 4) is 0 Å². The molecule has 90 valence electrons. The lowest BCUT2D eigenvalue weighted by Gasteiger charge is -2.33. The number of rotatable bonds is 6. The second kappa shape index (κ2) is 6.02. The van der Waals surface area contributed by atoms with Crippen LogP contribution in [0, 0.1) is 0 Å². The molecule has 0 spiro atoms. The number of hydrogen-bond donors (Lipinski definition) is 1. The summed E-state index contributed by atoms with van der Waals surface area (Å²) in [6, 6.07) is 10.3. The van der Waals surface area contributed by atoms with Gasteiger partial charge in [-0.15, -0.1) is 0 Å². The van der Waals surface area contributed by atoms with Crippen molar-refractivity contribution in [3.05, 3.63) is 35.9 Å². The summed E-state index contributed by atoms with van der Waals surface area (Å²) in [5.74, 6) is 0. The Balaban J connectivity index is 2.85. The molecule has 1 rings (SSSR count). The van der Waals surface area contributed by atoms with Crippen molar-refractivity contribution in [3.63, 3.8) is 0 Å². The Morgan fingerprint density at radius 3 is 2.12 bits per heavy atom. The van der Waals surface area contributed by atoms with Crippen molar-refractivity contribution in [2.24, 2.45) is 0 Å². The van der Waals surface area contributed by atoms with E-state index in [1.165, 1.54) is 5.56 Å². The molecule has 0 amide bonds. The number of likely N-dealkylation sites (N-methyl/N-ethyl adjacent to an activating group) is 1. The first kappa shape index (κ1) is 13.2. The van der Waals surface area contributed by atoms with Crippen LogP contribution in [0.3, 0.4) is 0 Å². The maximum absolute atomic E-state index is 9.65. The topological polar surface area (TPSA) is 23.5 Å². The fourth-order valence-corrected chi connectivity index (χ4v) is 2.01. The van der Waals surface area contributed by atoms with E-state index in [-0.39, 0.29) is 12.0 Å². The molecular formula is C14H23NO. The molecule has 1 N–H and O–H groups in total. The maximum Gasteiger partial charge on any atom is 0.0537 e. The van der Waals surface area contributed by atoms with E-state index in [2.05, 4.69) is 37.8 Å². The van der Waals surface area contributed by atoms with E-state index >= 15 is 0 Å². The fourth-order valence-electron chi connectivity index (χ4n) is 2.01. The zero-order valence-corrected chi connectivity index (χ0v) is 10.6. The van der Waals surface area contributed by atoms with Crippen LogP contribution in [0.5, 0.6) is 0 Å². The number of aliphatic hydroxyl groups excluding tert-OH is 1. The molecule has 0 bridgehead atoms. The molecule has 2 heteroatoms. The molecule has 1 atom stereocenters. The minimum atomic E-state index is -0.159. The average Bonchev–Trinajstić information content (AvgIpc) is 2.36. The second-order valence-electron chi connectivity index (χ2n) is 4.55. The number of nitrogens with zero attached hydrogens (tertiary/aromatic N) is 1. The maximum atomic E-state index is 9.65. The first-order valence-electron chi connectivity index (χ1n) is 6.05. The van der Waals surface area contributed by atoms with E-state index in [1.807, 2.05) is 18.2 Å². The van der Waals surface area contributed by atoms with Gasteiger partial charge in [0, 0.05) is 12.0 Å². The molecule has 0 aliphatic carbocycles. The van der Waals surface area contributed by atoms with Gasteiger partial charge in [-0.05, 0) is 18.7 Å². The molecule has 0 aliphatic rings. The third kappa shape index (κ3) is 3.06. The Morgan fingerprint density at radius 2 is 1.69 bits per heavy atom. The summed E-state index contributed by atoms with van der Waals surface area (Å²) in [5, 5.41) is 9.65. The van der Waals surface area contributed by atoms with E-state index < -0.39 is 0 Å². The van der Waals surface area contributed by atoms with Gasteiger partial charge in [0.25, 0.3) is 0 Å². The zero-order chi connectivity index (χ0) is 12.0. The molecule has 1 aromatic rings. The first-order chi connectivity index (χ1) is 7.66. The van der Waals surface area contributed by atoms with E-state index in [0.717, 1.165) is 19.6 Å². The highest BCUT2D eigenvalue weighted by atomic mass is 16.3. The van der Waals surface area contributed by atoms with Crippen LogP contribution in [0.25, 0.3) is 0 Å². The molecule has 0 saturated heterocycles. The fraction of sp³-hybridized carbons (Fsp3) is 0.571. The van der Waals surface area contributed by atoms with Gasteiger partial charge in [0.1, 0.15) is 0 Å². The lowest BCUT2D eigenvalue weighted by atomic mass is 9.82. The highest BCUT2D eigenvalue weighted by Crippen LogP contribution is 2.24. The molecular weight excluding hydrogens is 198 g/mol. The molecule has 0 aliphatic heterocycles. The van der Waals surface area contributed by atoms with Gasteiger partial charge in [-0.3, -0.25) is 0 Å². The monoisotopic (exact) mass is 221 g/mol. The van der Waals surface area contributed by atoms with Gasteiger partial charge in [-0.25, -0.2) is 0 Å². The summed E-state index contributed by atoms with van der Waals surface area (Å²) >= 11 is 0. The lowest BCUT2D eigenvalue weighted by Crippen LogP contribution is -2.41. The average molecular weight is 221 g/mol. The van der Waals surface area contributed by atoms with Crippen molar-refractivity contribution in [2.75, 3.05) is 26.2 Å². The Kier molecular flexibility index (Phi) is 4.97. The second-order valence-corrected chi connectivity index (χ2v) is 4.55. The summed E-state index contributed by atoms with van der Waals surface area (Å²) in [6.07, 6.45) is 0. The third-order valence-corrected chi connectivity index (χ3v) is 3.29. The van der Waals surface area contributed by atoms with Crippen LogP contribution in [-0.4, -0.2) is 36.2 Å². The van der Waals surface area contributed by atoms with Gasteiger partial charge in [0.05, 0.1) is 6.61 Å². The molecule has 0 fully saturated rings.